The number of halogens is 1. The summed E-state index contributed by atoms with van der Waals surface area (Å²) in [5.74, 6) is -0.0143. The molecule has 0 saturated heterocycles. The lowest BCUT2D eigenvalue weighted by Crippen LogP contribution is -2.02. The second kappa shape index (κ2) is 7.93. The zero-order valence-corrected chi connectivity index (χ0v) is 13.0. The van der Waals surface area contributed by atoms with E-state index in [-0.39, 0.29) is 12.4 Å². The summed E-state index contributed by atoms with van der Waals surface area (Å²) in [5.41, 5.74) is 0.508. The van der Waals surface area contributed by atoms with Gasteiger partial charge in [0.25, 0.3) is 0 Å². The van der Waals surface area contributed by atoms with Crippen molar-refractivity contribution >= 4 is 34.3 Å². The van der Waals surface area contributed by atoms with Gasteiger partial charge in [0.2, 0.25) is 0 Å². The summed E-state index contributed by atoms with van der Waals surface area (Å²) in [5, 5.41) is 0. The molecule has 0 spiro atoms. The highest BCUT2D eigenvalue weighted by molar-refractivity contribution is 14.1. The maximum atomic E-state index is 11.8. The first-order valence-electron chi connectivity index (χ1n) is 5.90. The number of allylic oxidation sites excluding steroid dienone is 1. The number of benzene rings is 1. The standard InChI is InChI=1S/C14H15IO4/c1-3-18-13-7-5-10(9-11(13)15)12(16)6-8-14(17)19-4-2/h5-9H,3-4H2,1-2H3/b8-6+. The van der Waals surface area contributed by atoms with Crippen molar-refractivity contribution in [3.05, 3.63) is 39.5 Å². The van der Waals surface area contributed by atoms with Gasteiger partial charge in [-0.15, -0.1) is 0 Å². The molecule has 1 aromatic carbocycles. The van der Waals surface area contributed by atoms with Crippen LogP contribution in [0.5, 0.6) is 5.75 Å². The maximum Gasteiger partial charge on any atom is 0.330 e. The molecular formula is C14H15IO4. The van der Waals surface area contributed by atoms with Crippen LogP contribution in [0.15, 0.2) is 30.4 Å². The Balaban J connectivity index is 2.78. The Kier molecular flexibility index (Phi) is 6.55. The molecule has 0 unspecified atom stereocenters. The lowest BCUT2D eigenvalue weighted by atomic mass is 10.1. The van der Waals surface area contributed by atoms with Crippen LogP contribution in [0.3, 0.4) is 0 Å². The number of ketones is 1. The highest BCUT2D eigenvalue weighted by Crippen LogP contribution is 2.22. The van der Waals surface area contributed by atoms with Gasteiger partial charge < -0.3 is 9.47 Å². The molecule has 0 fully saturated rings. The summed E-state index contributed by atoms with van der Waals surface area (Å²) in [6.07, 6.45) is 2.35. The third-order valence-electron chi connectivity index (χ3n) is 2.17. The number of esters is 1. The lowest BCUT2D eigenvalue weighted by molar-refractivity contribution is -0.137. The van der Waals surface area contributed by atoms with Gasteiger partial charge in [-0.2, -0.15) is 0 Å². The summed E-state index contributed by atoms with van der Waals surface area (Å²) < 4.78 is 11.0. The van der Waals surface area contributed by atoms with Gasteiger partial charge in [0.15, 0.2) is 5.78 Å². The summed E-state index contributed by atoms with van der Waals surface area (Å²) >= 11 is 2.10. The van der Waals surface area contributed by atoms with Crippen LogP contribution in [0.1, 0.15) is 24.2 Å². The largest absolute Gasteiger partial charge is 0.493 e. The van der Waals surface area contributed by atoms with Crippen LogP contribution in [-0.4, -0.2) is 25.0 Å². The van der Waals surface area contributed by atoms with Crippen molar-refractivity contribution in [3.8, 4) is 5.75 Å². The molecule has 4 nitrogen and oxygen atoms in total. The molecule has 0 amide bonds. The Hall–Kier alpha value is -1.37. The molecule has 1 rings (SSSR count). The molecule has 0 aliphatic rings. The van der Waals surface area contributed by atoms with E-state index in [1.54, 1.807) is 25.1 Å². The van der Waals surface area contributed by atoms with E-state index in [1.165, 1.54) is 6.08 Å². The SMILES string of the molecule is CCOC(=O)/C=C/C(=O)c1ccc(OCC)c(I)c1. The Morgan fingerprint density at radius 1 is 1.21 bits per heavy atom. The molecule has 0 N–H and O–H groups in total. The first-order chi connectivity index (χ1) is 9.08. The highest BCUT2D eigenvalue weighted by Gasteiger charge is 2.07. The molecule has 5 heteroatoms. The van der Waals surface area contributed by atoms with Crippen LogP contribution in [-0.2, 0) is 9.53 Å². The molecule has 0 aromatic heterocycles. The Labute approximate surface area is 125 Å². The molecule has 0 atom stereocenters. The average Bonchev–Trinajstić information content (AvgIpc) is 2.39. The van der Waals surface area contributed by atoms with Crippen molar-refractivity contribution in [2.75, 3.05) is 13.2 Å². The molecular weight excluding hydrogens is 359 g/mol. The van der Waals surface area contributed by atoms with E-state index < -0.39 is 5.97 Å². The second-order valence-electron chi connectivity index (χ2n) is 3.53. The van der Waals surface area contributed by atoms with Gasteiger partial charge >= 0.3 is 5.97 Å². The highest BCUT2D eigenvalue weighted by atomic mass is 127. The number of hydrogen-bond donors (Lipinski definition) is 0. The van der Waals surface area contributed by atoms with Crippen molar-refractivity contribution in [2.24, 2.45) is 0 Å². The number of ether oxygens (including phenoxy) is 2. The number of carbonyl (C=O) groups is 2. The number of rotatable bonds is 6. The molecule has 1 aromatic rings. The molecule has 0 aliphatic carbocycles. The number of carbonyl (C=O) groups excluding carboxylic acids is 2. The Morgan fingerprint density at radius 3 is 2.53 bits per heavy atom. The fourth-order valence-corrected chi connectivity index (χ4v) is 2.03. The first-order valence-corrected chi connectivity index (χ1v) is 6.97. The second-order valence-corrected chi connectivity index (χ2v) is 4.69. The van der Waals surface area contributed by atoms with Crippen molar-refractivity contribution in [3.63, 3.8) is 0 Å². The summed E-state index contributed by atoms with van der Waals surface area (Å²) in [4.78, 5) is 22.9. The van der Waals surface area contributed by atoms with Crippen LogP contribution in [0.2, 0.25) is 0 Å². The van der Waals surface area contributed by atoms with Crippen LogP contribution >= 0.6 is 22.6 Å². The molecule has 102 valence electrons. The van der Waals surface area contributed by atoms with E-state index >= 15 is 0 Å². The van der Waals surface area contributed by atoms with Gasteiger partial charge in [0.1, 0.15) is 5.75 Å². The molecule has 0 aliphatic heterocycles. The van der Waals surface area contributed by atoms with E-state index in [4.69, 9.17) is 9.47 Å². The zero-order chi connectivity index (χ0) is 14.3. The van der Waals surface area contributed by atoms with Crippen molar-refractivity contribution in [1.82, 2.24) is 0 Å². The van der Waals surface area contributed by atoms with Gasteiger partial charge in [0.05, 0.1) is 16.8 Å². The molecule has 0 bridgehead atoms. The predicted octanol–water partition coefficient (Wildman–Crippen LogP) is 2.99. The van der Waals surface area contributed by atoms with E-state index in [0.717, 1.165) is 15.4 Å². The van der Waals surface area contributed by atoms with Crippen LogP contribution in [0.25, 0.3) is 0 Å². The topological polar surface area (TPSA) is 52.6 Å². The number of hydrogen-bond acceptors (Lipinski definition) is 4. The van der Waals surface area contributed by atoms with Crippen molar-refractivity contribution in [2.45, 2.75) is 13.8 Å². The van der Waals surface area contributed by atoms with Crippen molar-refractivity contribution in [1.29, 1.82) is 0 Å². The third-order valence-corrected chi connectivity index (χ3v) is 3.02. The first kappa shape index (κ1) is 15.7. The Morgan fingerprint density at radius 2 is 1.95 bits per heavy atom. The maximum absolute atomic E-state index is 11.8. The van der Waals surface area contributed by atoms with Gasteiger partial charge in [0, 0.05) is 11.6 Å². The van der Waals surface area contributed by atoms with E-state index in [9.17, 15) is 9.59 Å². The third kappa shape index (κ3) is 5.02. The van der Waals surface area contributed by atoms with E-state index in [1.807, 2.05) is 6.92 Å². The quantitative estimate of drug-likeness (QED) is 0.333. The van der Waals surface area contributed by atoms with Gasteiger partial charge in [-0.1, -0.05) is 0 Å². The van der Waals surface area contributed by atoms with Gasteiger partial charge in [-0.25, -0.2) is 4.79 Å². The monoisotopic (exact) mass is 374 g/mol. The fraction of sp³-hybridized carbons (Fsp3) is 0.286. The minimum Gasteiger partial charge on any atom is -0.493 e. The normalized spacial score (nSPS) is 10.5. The zero-order valence-electron chi connectivity index (χ0n) is 10.8. The summed E-state index contributed by atoms with van der Waals surface area (Å²) in [6.45, 7) is 4.48. The van der Waals surface area contributed by atoms with Crippen molar-refractivity contribution < 1.29 is 19.1 Å². The fourth-order valence-electron chi connectivity index (χ4n) is 1.36. The van der Waals surface area contributed by atoms with Crippen LogP contribution < -0.4 is 4.74 Å². The summed E-state index contributed by atoms with van der Waals surface area (Å²) in [7, 11) is 0. The predicted molar refractivity (Wildman–Crippen MR) is 80.4 cm³/mol. The van der Waals surface area contributed by atoms with Gasteiger partial charge in [-0.05, 0) is 60.7 Å². The molecule has 0 radical (unpaired) electrons. The van der Waals surface area contributed by atoms with Crippen LogP contribution in [0, 0.1) is 3.57 Å². The lowest BCUT2D eigenvalue weighted by Gasteiger charge is -2.06. The smallest absolute Gasteiger partial charge is 0.330 e. The minimum absolute atomic E-state index is 0.242. The van der Waals surface area contributed by atoms with E-state index in [0.29, 0.717) is 12.2 Å². The minimum atomic E-state index is -0.517. The summed E-state index contributed by atoms with van der Waals surface area (Å²) in [6, 6.07) is 5.14. The van der Waals surface area contributed by atoms with Crippen LogP contribution in [0.4, 0.5) is 0 Å². The molecule has 0 heterocycles. The van der Waals surface area contributed by atoms with E-state index in [2.05, 4.69) is 22.6 Å². The Bertz CT molecular complexity index is 494. The molecule has 0 saturated carbocycles. The average molecular weight is 374 g/mol. The van der Waals surface area contributed by atoms with Gasteiger partial charge in [-0.3, -0.25) is 4.79 Å². The molecule has 19 heavy (non-hydrogen) atoms.